The van der Waals surface area contributed by atoms with Crippen molar-refractivity contribution in [2.75, 3.05) is 32.7 Å². The van der Waals surface area contributed by atoms with E-state index in [-0.39, 0.29) is 24.8 Å². The summed E-state index contributed by atoms with van der Waals surface area (Å²) in [5.74, 6) is -1.37. The number of aromatic hydroxyl groups is 1. The van der Waals surface area contributed by atoms with E-state index in [0.717, 1.165) is 19.4 Å². The Morgan fingerprint density at radius 1 is 1.21 bits per heavy atom. The number of rotatable bonds is 8. The molecule has 0 radical (unpaired) electrons. The summed E-state index contributed by atoms with van der Waals surface area (Å²) in [5, 5.41) is 28.0. The molecule has 132 valence electrons. The molecule has 1 aromatic rings. The van der Waals surface area contributed by atoms with E-state index in [9.17, 15) is 14.7 Å². The molecule has 7 nitrogen and oxygen atoms in total. The molecule has 1 aliphatic rings. The smallest absolute Gasteiger partial charge is 0.317 e. The molecular formula is C17H24N2O5. The van der Waals surface area contributed by atoms with Crippen LogP contribution in [0, 0.1) is 5.92 Å². The standard InChI is InChI=1S/C17H24N2O5/c20-15-6-2-1-5-14(15)10-19(12-17(23)24)9-13-4-3-7-18(8-13)11-16(21)22/h1-2,5-6,13,20H,3-4,7-12H2,(H,21,22)(H,23,24). The number of piperidine rings is 1. The SMILES string of the molecule is O=C(O)CN1CCCC(CN(CC(=O)O)Cc2ccccc2O)C1. The fraction of sp³-hybridized carbons (Fsp3) is 0.529. The minimum Gasteiger partial charge on any atom is -0.508 e. The first-order valence-electron chi connectivity index (χ1n) is 8.09. The monoisotopic (exact) mass is 336 g/mol. The van der Waals surface area contributed by atoms with Crippen molar-refractivity contribution in [2.24, 2.45) is 5.92 Å². The molecule has 0 amide bonds. The van der Waals surface area contributed by atoms with Crippen LogP contribution in [-0.4, -0.2) is 69.8 Å². The van der Waals surface area contributed by atoms with Crippen LogP contribution in [0.5, 0.6) is 5.75 Å². The minimum atomic E-state index is -0.913. The second kappa shape index (κ2) is 8.65. The quantitative estimate of drug-likeness (QED) is 0.653. The maximum Gasteiger partial charge on any atom is 0.317 e. The Bertz CT molecular complexity index is 578. The van der Waals surface area contributed by atoms with Crippen LogP contribution in [0.1, 0.15) is 18.4 Å². The summed E-state index contributed by atoms with van der Waals surface area (Å²) in [6.07, 6.45) is 1.86. The Kier molecular flexibility index (Phi) is 6.57. The zero-order valence-electron chi connectivity index (χ0n) is 13.6. The van der Waals surface area contributed by atoms with Crippen molar-refractivity contribution < 1.29 is 24.9 Å². The molecule has 0 spiro atoms. The molecule has 2 rings (SSSR count). The van der Waals surface area contributed by atoms with Crippen LogP contribution in [-0.2, 0) is 16.1 Å². The van der Waals surface area contributed by atoms with Gasteiger partial charge in [-0.05, 0) is 31.4 Å². The van der Waals surface area contributed by atoms with Gasteiger partial charge in [-0.15, -0.1) is 0 Å². The van der Waals surface area contributed by atoms with Crippen LogP contribution in [0.3, 0.4) is 0 Å². The van der Waals surface area contributed by atoms with Crippen LogP contribution in [0.4, 0.5) is 0 Å². The third-order valence-electron chi connectivity index (χ3n) is 4.22. The van der Waals surface area contributed by atoms with Gasteiger partial charge in [0.15, 0.2) is 0 Å². The van der Waals surface area contributed by atoms with Gasteiger partial charge in [0.2, 0.25) is 0 Å². The molecule has 1 aliphatic heterocycles. The molecule has 1 aromatic carbocycles. The minimum absolute atomic E-state index is 0.0227. The van der Waals surface area contributed by atoms with Crippen molar-refractivity contribution >= 4 is 11.9 Å². The number of hydrogen-bond acceptors (Lipinski definition) is 5. The van der Waals surface area contributed by atoms with Crippen molar-refractivity contribution in [3.8, 4) is 5.75 Å². The predicted molar refractivity (Wildman–Crippen MR) is 87.8 cm³/mol. The number of hydrogen-bond donors (Lipinski definition) is 3. The second-order valence-corrected chi connectivity index (χ2v) is 6.33. The number of carbonyl (C=O) groups is 2. The number of carboxylic acids is 2. The summed E-state index contributed by atoms with van der Waals surface area (Å²) in [4.78, 5) is 25.7. The zero-order valence-corrected chi connectivity index (χ0v) is 13.6. The third-order valence-corrected chi connectivity index (χ3v) is 4.22. The lowest BCUT2D eigenvalue weighted by Crippen LogP contribution is -2.43. The van der Waals surface area contributed by atoms with E-state index >= 15 is 0 Å². The largest absolute Gasteiger partial charge is 0.508 e. The van der Waals surface area contributed by atoms with Gasteiger partial charge in [-0.25, -0.2) is 0 Å². The average molecular weight is 336 g/mol. The number of benzene rings is 1. The van der Waals surface area contributed by atoms with Gasteiger partial charge >= 0.3 is 11.9 Å². The summed E-state index contributed by atoms with van der Waals surface area (Å²) in [6, 6.07) is 6.90. The Morgan fingerprint density at radius 2 is 1.96 bits per heavy atom. The van der Waals surface area contributed by atoms with E-state index in [2.05, 4.69) is 0 Å². The van der Waals surface area contributed by atoms with Crippen LogP contribution in [0.15, 0.2) is 24.3 Å². The van der Waals surface area contributed by atoms with Crippen molar-refractivity contribution in [3.05, 3.63) is 29.8 Å². The van der Waals surface area contributed by atoms with E-state index < -0.39 is 11.9 Å². The van der Waals surface area contributed by atoms with E-state index in [1.807, 2.05) is 11.0 Å². The van der Waals surface area contributed by atoms with Crippen LogP contribution < -0.4 is 0 Å². The molecule has 3 N–H and O–H groups in total. The summed E-state index contributed by atoms with van der Waals surface area (Å²) < 4.78 is 0. The molecule has 1 heterocycles. The third kappa shape index (κ3) is 5.82. The van der Waals surface area contributed by atoms with Crippen molar-refractivity contribution in [3.63, 3.8) is 0 Å². The Labute approximate surface area is 141 Å². The van der Waals surface area contributed by atoms with Crippen molar-refractivity contribution in [1.82, 2.24) is 9.80 Å². The highest BCUT2D eigenvalue weighted by Gasteiger charge is 2.24. The Hall–Kier alpha value is -2.12. The maximum absolute atomic E-state index is 11.1. The number of aliphatic carboxylic acids is 2. The molecule has 0 saturated carbocycles. The topological polar surface area (TPSA) is 101 Å². The lowest BCUT2D eigenvalue weighted by Gasteiger charge is -2.34. The summed E-state index contributed by atoms with van der Waals surface area (Å²) >= 11 is 0. The highest BCUT2D eigenvalue weighted by atomic mass is 16.4. The molecular weight excluding hydrogens is 312 g/mol. The number of phenolic OH excluding ortho intramolecular Hbond substituents is 1. The lowest BCUT2D eigenvalue weighted by atomic mass is 9.97. The predicted octanol–water partition coefficient (Wildman–Crippen LogP) is 1.08. The maximum atomic E-state index is 11.1. The van der Waals surface area contributed by atoms with E-state index in [1.54, 1.807) is 23.1 Å². The molecule has 7 heteroatoms. The van der Waals surface area contributed by atoms with Gasteiger partial charge in [0.05, 0.1) is 13.1 Å². The fourth-order valence-corrected chi connectivity index (χ4v) is 3.26. The number of phenols is 1. The lowest BCUT2D eigenvalue weighted by molar-refractivity contribution is -0.139. The number of para-hydroxylation sites is 1. The summed E-state index contributed by atoms with van der Waals surface area (Å²) in [5.41, 5.74) is 0.692. The Morgan fingerprint density at radius 3 is 2.62 bits per heavy atom. The molecule has 24 heavy (non-hydrogen) atoms. The molecule has 0 aliphatic carbocycles. The second-order valence-electron chi connectivity index (χ2n) is 6.33. The first-order chi connectivity index (χ1) is 11.4. The molecule has 1 saturated heterocycles. The van der Waals surface area contributed by atoms with Gasteiger partial charge in [-0.1, -0.05) is 18.2 Å². The average Bonchev–Trinajstić information content (AvgIpc) is 2.48. The molecule has 1 fully saturated rings. The van der Waals surface area contributed by atoms with Crippen LogP contribution in [0.25, 0.3) is 0 Å². The van der Waals surface area contributed by atoms with Gasteiger partial charge < -0.3 is 15.3 Å². The van der Waals surface area contributed by atoms with Crippen molar-refractivity contribution in [2.45, 2.75) is 19.4 Å². The van der Waals surface area contributed by atoms with E-state index in [0.29, 0.717) is 25.2 Å². The van der Waals surface area contributed by atoms with Gasteiger partial charge in [0, 0.05) is 25.2 Å². The number of likely N-dealkylation sites (tertiary alicyclic amines) is 1. The van der Waals surface area contributed by atoms with Gasteiger partial charge in [0.1, 0.15) is 5.75 Å². The summed E-state index contributed by atoms with van der Waals surface area (Å²) in [6.45, 7) is 2.26. The van der Waals surface area contributed by atoms with E-state index in [4.69, 9.17) is 10.2 Å². The fourth-order valence-electron chi connectivity index (χ4n) is 3.26. The summed E-state index contributed by atoms with van der Waals surface area (Å²) in [7, 11) is 0. The Balaban J connectivity index is 1.99. The van der Waals surface area contributed by atoms with Crippen LogP contribution in [0.2, 0.25) is 0 Å². The number of carboxylic acid groups (broad SMARTS) is 2. The molecule has 1 atom stereocenters. The van der Waals surface area contributed by atoms with Gasteiger partial charge in [-0.2, -0.15) is 0 Å². The van der Waals surface area contributed by atoms with Gasteiger partial charge in [-0.3, -0.25) is 19.4 Å². The first-order valence-corrected chi connectivity index (χ1v) is 8.09. The molecule has 1 unspecified atom stereocenters. The van der Waals surface area contributed by atoms with Crippen LogP contribution >= 0.6 is 0 Å². The highest BCUT2D eigenvalue weighted by Crippen LogP contribution is 2.21. The van der Waals surface area contributed by atoms with Gasteiger partial charge in [0.25, 0.3) is 0 Å². The highest BCUT2D eigenvalue weighted by molar-refractivity contribution is 5.69. The normalized spacial score (nSPS) is 18.6. The van der Waals surface area contributed by atoms with Crippen molar-refractivity contribution in [1.29, 1.82) is 0 Å². The first kappa shape index (κ1) is 18.2. The zero-order chi connectivity index (χ0) is 17.5. The van der Waals surface area contributed by atoms with E-state index in [1.165, 1.54) is 0 Å². The molecule has 0 aromatic heterocycles. The molecule has 0 bridgehead atoms. The number of nitrogens with zero attached hydrogens (tertiary/aromatic N) is 2.